The van der Waals surface area contributed by atoms with Gasteiger partial charge in [-0.3, -0.25) is 9.89 Å². The Morgan fingerprint density at radius 2 is 2.03 bits per heavy atom. The maximum absolute atomic E-state index is 11.9. The van der Waals surface area contributed by atoms with Crippen LogP contribution in [-0.4, -0.2) is 58.1 Å². The summed E-state index contributed by atoms with van der Waals surface area (Å²) in [5.74, 6) is 7.80. The minimum absolute atomic E-state index is 0.00781. The Balaban J connectivity index is 1.71. The summed E-state index contributed by atoms with van der Waals surface area (Å²) in [4.78, 5) is 13.7. The third kappa shape index (κ3) is 3.43. The molecule has 1 aliphatic rings. The van der Waals surface area contributed by atoms with Crippen molar-refractivity contribution in [1.29, 1.82) is 0 Å². The summed E-state index contributed by atoms with van der Waals surface area (Å²) in [5.41, 5.74) is 7.95. The SMILES string of the molecule is C=CC(=O)N1CC[C@H](n2nc(C#Cc3cc(OC)cc(OC)c3)c3c(N)[nH]nc32)C1. The standard InChI is InChI=1S/C21H22N6O3/c1-4-18(28)26-8-7-14(12-26)27-21-19(20(22)23-24-21)17(25-27)6-5-13-9-15(29-2)11-16(10-13)30-3/h4,9-11,14H,1,7-8,12H2,2-3H3,(H3,22,23,24)/t14-/m0/s1. The lowest BCUT2D eigenvalue weighted by molar-refractivity contribution is -0.125. The van der Waals surface area contributed by atoms with Crippen LogP contribution in [-0.2, 0) is 4.79 Å². The van der Waals surface area contributed by atoms with Gasteiger partial charge in [-0.1, -0.05) is 12.5 Å². The maximum Gasteiger partial charge on any atom is 0.246 e. The summed E-state index contributed by atoms with van der Waals surface area (Å²) in [5, 5.41) is 12.4. The molecule has 3 heterocycles. The van der Waals surface area contributed by atoms with Gasteiger partial charge in [0.2, 0.25) is 5.91 Å². The number of hydrogen-bond donors (Lipinski definition) is 2. The van der Waals surface area contributed by atoms with E-state index in [1.165, 1.54) is 6.08 Å². The number of nitrogen functional groups attached to an aromatic ring is 1. The summed E-state index contributed by atoms with van der Waals surface area (Å²) in [6.07, 6.45) is 2.09. The van der Waals surface area contributed by atoms with E-state index in [1.54, 1.807) is 29.9 Å². The van der Waals surface area contributed by atoms with E-state index in [1.807, 2.05) is 12.1 Å². The second-order valence-electron chi connectivity index (χ2n) is 6.91. The number of benzene rings is 1. The third-order valence-corrected chi connectivity index (χ3v) is 5.11. The van der Waals surface area contributed by atoms with Crippen molar-refractivity contribution in [2.75, 3.05) is 33.0 Å². The fourth-order valence-electron chi connectivity index (χ4n) is 3.57. The topological polar surface area (TPSA) is 111 Å². The van der Waals surface area contributed by atoms with Gasteiger partial charge in [0.15, 0.2) is 5.65 Å². The smallest absolute Gasteiger partial charge is 0.246 e. The zero-order valence-electron chi connectivity index (χ0n) is 16.8. The average Bonchev–Trinajstić information content (AvgIpc) is 3.48. The molecule has 0 bridgehead atoms. The van der Waals surface area contributed by atoms with Crippen LogP contribution in [0.2, 0.25) is 0 Å². The van der Waals surface area contributed by atoms with Crippen LogP contribution in [0, 0.1) is 11.8 Å². The molecule has 0 unspecified atom stereocenters. The number of methoxy groups -OCH3 is 2. The monoisotopic (exact) mass is 406 g/mol. The Hall–Kier alpha value is -3.93. The number of likely N-dealkylation sites (tertiary alicyclic amines) is 1. The molecule has 2 aromatic heterocycles. The Bertz CT molecular complexity index is 1160. The number of amides is 1. The molecule has 3 aromatic rings. The van der Waals surface area contributed by atoms with Crippen molar-refractivity contribution in [1.82, 2.24) is 24.9 Å². The summed E-state index contributed by atoms with van der Waals surface area (Å²) >= 11 is 0. The van der Waals surface area contributed by atoms with Gasteiger partial charge in [-0.2, -0.15) is 10.2 Å². The third-order valence-electron chi connectivity index (χ3n) is 5.11. The molecule has 30 heavy (non-hydrogen) atoms. The van der Waals surface area contributed by atoms with E-state index in [-0.39, 0.29) is 11.9 Å². The molecule has 0 saturated carbocycles. The van der Waals surface area contributed by atoms with Crippen LogP contribution in [0.1, 0.15) is 23.7 Å². The summed E-state index contributed by atoms with van der Waals surface area (Å²) in [6.45, 7) is 4.73. The van der Waals surface area contributed by atoms with Gasteiger partial charge in [0, 0.05) is 24.7 Å². The lowest BCUT2D eigenvalue weighted by atomic mass is 10.2. The van der Waals surface area contributed by atoms with Crippen LogP contribution < -0.4 is 15.2 Å². The summed E-state index contributed by atoms with van der Waals surface area (Å²) in [6, 6.07) is 5.41. The number of nitrogens with one attached hydrogen (secondary N) is 1. The summed E-state index contributed by atoms with van der Waals surface area (Å²) in [7, 11) is 3.18. The van der Waals surface area contributed by atoms with E-state index >= 15 is 0 Å². The first-order valence-electron chi connectivity index (χ1n) is 9.42. The molecule has 1 aliphatic heterocycles. The highest BCUT2D eigenvalue weighted by Crippen LogP contribution is 2.29. The number of nitrogens with zero attached hydrogens (tertiary/aromatic N) is 4. The minimum atomic E-state index is -0.0885. The normalized spacial score (nSPS) is 15.7. The van der Waals surface area contributed by atoms with Gasteiger partial charge in [0.25, 0.3) is 0 Å². The lowest BCUT2D eigenvalue weighted by Gasteiger charge is -2.14. The molecule has 0 radical (unpaired) electrons. The fraction of sp³-hybridized carbons (Fsp3) is 0.286. The molecule has 1 amide bonds. The Morgan fingerprint density at radius 1 is 1.30 bits per heavy atom. The van der Waals surface area contributed by atoms with Crippen molar-refractivity contribution in [2.45, 2.75) is 12.5 Å². The van der Waals surface area contributed by atoms with Crippen molar-refractivity contribution in [3.05, 3.63) is 42.1 Å². The van der Waals surface area contributed by atoms with Crippen molar-refractivity contribution in [3.63, 3.8) is 0 Å². The number of rotatable bonds is 4. The molecule has 9 nitrogen and oxygen atoms in total. The lowest BCUT2D eigenvalue weighted by Crippen LogP contribution is -2.27. The molecule has 1 fully saturated rings. The van der Waals surface area contributed by atoms with Crippen LogP contribution in [0.3, 0.4) is 0 Å². The number of fused-ring (bicyclic) bond motifs is 1. The molecule has 1 aromatic carbocycles. The Morgan fingerprint density at radius 3 is 2.70 bits per heavy atom. The number of anilines is 1. The molecule has 3 N–H and O–H groups in total. The van der Waals surface area contributed by atoms with Crippen molar-refractivity contribution < 1.29 is 14.3 Å². The molecule has 9 heteroatoms. The Labute approximate surface area is 173 Å². The number of carbonyl (C=O) groups excluding carboxylic acids is 1. The van der Waals surface area contributed by atoms with Crippen molar-refractivity contribution in [2.24, 2.45) is 0 Å². The fourth-order valence-corrected chi connectivity index (χ4v) is 3.57. The van der Waals surface area contributed by atoms with E-state index < -0.39 is 0 Å². The van der Waals surface area contributed by atoms with Crippen molar-refractivity contribution >= 4 is 22.8 Å². The number of nitrogens with two attached hydrogens (primary N) is 1. The predicted octanol–water partition coefficient (Wildman–Crippen LogP) is 1.72. The second-order valence-corrected chi connectivity index (χ2v) is 6.91. The summed E-state index contributed by atoms with van der Waals surface area (Å²) < 4.78 is 12.4. The molecule has 154 valence electrons. The van der Waals surface area contributed by atoms with Gasteiger partial charge in [-0.25, -0.2) is 4.68 Å². The van der Waals surface area contributed by atoms with Gasteiger partial charge in [0.1, 0.15) is 23.0 Å². The van der Waals surface area contributed by atoms with Crippen LogP contribution >= 0.6 is 0 Å². The van der Waals surface area contributed by atoms with Crippen LogP contribution in [0.15, 0.2) is 30.9 Å². The maximum atomic E-state index is 11.9. The number of carbonyl (C=O) groups is 1. The molecule has 0 aliphatic carbocycles. The molecule has 1 saturated heterocycles. The van der Waals surface area contributed by atoms with E-state index in [2.05, 4.69) is 33.7 Å². The first kappa shape index (κ1) is 19.4. The number of H-pyrrole nitrogens is 1. The molecule has 0 spiro atoms. The first-order chi connectivity index (χ1) is 14.5. The minimum Gasteiger partial charge on any atom is -0.497 e. The first-order valence-corrected chi connectivity index (χ1v) is 9.42. The van der Waals surface area contributed by atoms with Gasteiger partial charge in [-0.15, -0.1) is 0 Å². The average molecular weight is 406 g/mol. The zero-order chi connectivity index (χ0) is 21.3. The van der Waals surface area contributed by atoms with Crippen LogP contribution in [0.4, 0.5) is 5.82 Å². The molecule has 1 atom stereocenters. The predicted molar refractivity (Wildman–Crippen MR) is 112 cm³/mol. The van der Waals surface area contributed by atoms with Gasteiger partial charge >= 0.3 is 0 Å². The molecular formula is C21H22N6O3. The van der Waals surface area contributed by atoms with Gasteiger partial charge in [-0.05, 0) is 30.6 Å². The largest absolute Gasteiger partial charge is 0.497 e. The number of hydrogen-bond acceptors (Lipinski definition) is 6. The second kappa shape index (κ2) is 7.83. The zero-order valence-corrected chi connectivity index (χ0v) is 16.8. The van der Waals surface area contributed by atoms with Crippen LogP contribution in [0.5, 0.6) is 11.5 Å². The van der Waals surface area contributed by atoms with E-state index in [4.69, 9.17) is 15.2 Å². The van der Waals surface area contributed by atoms with E-state index in [9.17, 15) is 4.79 Å². The number of ether oxygens (including phenoxy) is 2. The van der Waals surface area contributed by atoms with Gasteiger partial charge < -0.3 is 20.1 Å². The Kier molecular flexibility index (Phi) is 5.06. The number of aromatic nitrogens is 4. The van der Waals surface area contributed by atoms with Crippen molar-refractivity contribution in [3.8, 4) is 23.3 Å². The van der Waals surface area contributed by atoms with Gasteiger partial charge in [0.05, 0.1) is 25.6 Å². The number of aromatic amines is 1. The van der Waals surface area contributed by atoms with Crippen LogP contribution in [0.25, 0.3) is 11.0 Å². The van der Waals surface area contributed by atoms with E-state index in [0.29, 0.717) is 47.1 Å². The molecular weight excluding hydrogens is 384 g/mol. The highest BCUT2D eigenvalue weighted by molar-refractivity contribution is 5.91. The molecule has 4 rings (SSSR count). The van der Waals surface area contributed by atoms with E-state index in [0.717, 1.165) is 12.0 Å². The highest BCUT2D eigenvalue weighted by atomic mass is 16.5. The highest BCUT2D eigenvalue weighted by Gasteiger charge is 2.29. The quantitative estimate of drug-likeness (QED) is 0.504.